The summed E-state index contributed by atoms with van der Waals surface area (Å²) in [7, 11) is 0. The molecule has 0 unspecified atom stereocenters. The van der Waals surface area contributed by atoms with Crippen molar-refractivity contribution in [3.63, 3.8) is 0 Å². The second-order valence-corrected chi connectivity index (χ2v) is 3.85. The van der Waals surface area contributed by atoms with Crippen molar-refractivity contribution in [3.05, 3.63) is 18.2 Å². The SMILES string of the molecule is Nc1cc(-c2nnc(S)n2N)ccc1S. The summed E-state index contributed by atoms with van der Waals surface area (Å²) >= 11 is 8.21. The van der Waals surface area contributed by atoms with Gasteiger partial charge in [0.05, 0.1) is 0 Å². The molecule has 0 atom stereocenters. The summed E-state index contributed by atoms with van der Waals surface area (Å²) < 4.78 is 1.29. The molecule has 0 saturated heterocycles. The van der Waals surface area contributed by atoms with Gasteiger partial charge in [-0.3, -0.25) is 0 Å². The van der Waals surface area contributed by atoms with E-state index in [1.54, 1.807) is 12.1 Å². The third kappa shape index (κ3) is 1.75. The highest BCUT2D eigenvalue weighted by molar-refractivity contribution is 7.80. The van der Waals surface area contributed by atoms with Crippen molar-refractivity contribution in [3.8, 4) is 11.4 Å². The summed E-state index contributed by atoms with van der Waals surface area (Å²) in [6, 6.07) is 5.34. The Kier molecular flexibility index (Phi) is 2.49. The molecule has 0 spiro atoms. The molecule has 0 aliphatic heterocycles. The van der Waals surface area contributed by atoms with Crippen molar-refractivity contribution in [1.29, 1.82) is 0 Å². The molecule has 2 rings (SSSR count). The van der Waals surface area contributed by atoms with Gasteiger partial charge in [-0.05, 0) is 18.2 Å². The van der Waals surface area contributed by atoms with Crippen molar-refractivity contribution >= 4 is 30.9 Å². The molecule has 0 radical (unpaired) electrons. The van der Waals surface area contributed by atoms with E-state index in [9.17, 15) is 0 Å². The fourth-order valence-electron chi connectivity index (χ4n) is 1.17. The van der Waals surface area contributed by atoms with Gasteiger partial charge in [0, 0.05) is 16.1 Å². The number of aromatic nitrogens is 3. The fraction of sp³-hybridized carbons (Fsp3) is 0. The largest absolute Gasteiger partial charge is 0.398 e. The molecule has 0 aliphatic carbocycles. The van der Waals surface area contributed by atoms with Crippen LogP contribution in [-0.2, 0) is 0 Å². The van der Waals surface area contributed by atoms with Crippen LogP contribution in [0.2, 0.25) is 0 Å². The van der Waals surface area contributed by atoms with E-state index in [1.807, 2.05) is 6.07 Å². The lowest BCUT2D eigenvalue weighted by atomic mass is 10.2. The highest BCUT2D eigenvalue weighted by Gasteiger charge is 2.09. The Morgan fingerprint density at radius 2 is 1.93 bits per heavy atom. The van der Waals surface area contributed by atoms with Crippen LogP contribution in [0.5, 0.6) is 0 Å². The van der Waals surface area contributed by atoms with Crippen LogP contribution in [-0.4, -0.2) is 14.9 Å². The molecule has 0 amide bonds. The summed E-state index contributed by atoms with van der Waals surface area (Å²) in [6.07, 6.45) is 0. The summed E-state index contributed by atoms with van der Waals surface area (Å²) in [5.41, 5.74) is 7.07. The highest BCUT2D eigenvalue weighted by Crippen LogP contribution is 2.24. The minimum atomic E-state index is 0.346. The number of nitrogens with zero attached hydrogens (tertiary/aromatic N) is 3. The number of benzene rings is 1. The Morgan fingerprint density at radius 1 is 1.20 bits per heavy atom. The predicted molar refractivity (Wildman–Crippen MR) is 64.5 cm³/mol. The topological polar surface area (TPSA) is 82.8 Å². The van der Waals surface area contributed by atoms with Gasteiger partial charge in [0.25, 0.3) is 0 Å². The van der Waals surface area contributed by atoms with Crippen molar-refractivity contribution in [2.45, 2.75) is 10.1 Å². The minimum Gasteiger partial charge on any atom is -0.398 e. The summed E-state index contributed by atoms with van der Waals surface area (Å²) in [5, 5.41) is 7.97. The first-order chi connectivity index (χ1) is 7.09. The van der Waals surface area contributed by atoms with Crippen LogP contribution >= 0.6 is 25.3 Å². The lowest BCUT2D eigenvalue weighted by Crippen LogP contribution is -2.10. The van der Waals surface area contributed by atoms with Gasteiger partial charge in [-0.15, -0.1) is 35.5 Å². The van der Waals surface area contributed by atoms with Gasteiger partial charge in [-0.1, -0.05) is 0 Å². The summed E-state index contributed by atoms with van der Waals surface area (Å²) in [5.74, 6) is 6.19. The lowest BCUT2D eigenvalue weighted by molar-refractivity contribution is 0.855. The van der Waals surface area contributed by atoms with Crippen molar-refractivity contribution in [2.24, 2.45) is 0 Å². The number of nitrogen functional groups attached to an aromatic ring is 2. The van der Waals surface area contributed by atoms with E-state index < -0.39 is 0 Å². The fourth-order valence-corrected chi connectivity index (χ4v) is 1.45. The van der Waals surface area contributed by atoms with E-state index in [0.29, 0.717) is 21.6 Å². The van der Waals surface area contributed by atoms with Gasteiger partial charge in [0.15, 0.2) is 5.82 Å². The maximum absolute atomic E-state index is 5.72. The van der Waals surface area contributed by atoms with Gasteiger partial charge < -0.3 is 11.6 Å². The standard InChI is InChI=1S/C8H9N5S2/c9-5-3-4(1-2-6(5)14)7-11-12-8(15)13(7)10/h1-3,14H,9-10H2,(H,12,15). The Labute approximate surface area is 97.3 Å². The molecule has 7 heteroatoms. The lowest BCUT2D eigenvalue weighted by Gasteiger charge is -2.03. The van der Waals surface area contributed by atoms with Crippen LogP contribution in [0.25, 0.3) is 11.4 Å². The highest BCUT2D eigenvalue weighted by atomic mass is 32.1. The number of rotatable bonds is 1. The molecule has 0 saturated carbocycles. The molecule has 4 N–H and O–H groups in total. The zero-order valence-corrected chi connectivity index (χ0v) is 9.41. The molecule has 1 aromatic heterocycles. The average molecular weight is 239 g/mol. The van der Waals surface area contributed by atoms with Crippen molar-refractivity contribution in [1.82, 2.24) is 14.9 Å². The van der Waals surface area contributed by atoms with Crippen molar-refractivity contribution in [2.75, 3.05) is 11.6 Å². The Balaban J connectivity index is 2.55. The smallest absolute Gasteiger partial charge is 0.206 e. The van der Waals surface area contributed by atoms with Crippen LogP contribution in [0.3, 0.4) is 0 Å². The second-order valence-electron chi connectivity index (χ2n) is 2.97. The maximum atomic E-state index is 5.72. The third-order valence-electron chi connectivity index (χ3n) is 1.96. The van der Waals surface area contributed by atoms with Gasteiger partial charge in [0.1, 0.15) is 0 Å². The number of hydrogen-bond acceptors (Lipinski definition) is 6. The Morgan fingerprint density at radius 3 is 2.47 bits per heavy atom. The number of thiol groups is 2. The first-order valence-corrected chi connectivity index (χ1v) is 4.97. The van der Waals surface area contributed by atoms with Gasteiger partial charge in [-0.2, -0.15) is 0 Å². The normalized spacial score (nSPS) is 10.5. The van der Waals surface area contributed by atoms with E-state index in [-0.39, 0.29) is 0 Å². The number of hydrogen-bond donors (Lipinski definition) is 4. The average Bonchev–Trinajstić information content (AvgIpc) is 2.53. The third-order valence-corrected chi connectivity index (χ3v) is 2.68. The zero-order chi connectivity index (χ0) is 11.0. The molecule has 0 fully saturated rings. The molecule has 0 aliphatic rings. The quantitative estimate of drug-likeness (QED) is 0.337. The van der Waals surface area contributed by atoms with Crippen LogP contribution < -0.4 is 11.6 Å². The first kappa shape index (κ1) is 10.2. The monoisotopic (exact) mass is 239 g/mol. The van der Waals surface area contributed by atoms with E-state index in [4.69, 9.17) is 11.6 Å². The Bertz CT molecular complexity index is 508. The van der Waals surface area contributed by atoms with Gasteiger partial charge in [0.2, 0.25) is 5.16 Å². The van der Waals surface area contributed by atoms with Crippen LogP contribution in [0.1, 0.15) is 0 Å². The van der Waals surface area contributed by atoms with Crippen LogP contribution in [0.15, 0.2) is 28.3 Å². The van der Waals surface area contributed by atoms with Gasteiger partial charge in [-0.25, -0.2) is 4.68 Å². The maximum Gasteiger partial charge on any atom is 0.206 e. The zero-order valence-electron chi connectivity index (χ0n) is 7.62. The van der Waals surface area contributed by atoms with Crippen molar-refractivity contribution < 1.29 is 0 Å². The number of nitrogens with two attached hydrogens (primary N) is 2. The molecule has 1 heterocycles. The second kappa shape index (κ2) is 3.67. The minimum absolute atomic E-state index is 0.346. The van der Waals surface area contributed by atoms with E-state index in [2.05, 4.69) is 35.5 Å². The summed E-state index contributed by atoms with van der Waals surface area (Å²) in [6.45, 7) is 0. The number of anilines is 1. The molecule has 0 bridgehead atoms. The molecular formula is C8H9N5S2. The van der Waals surface area contributed by atoms with Crippen LogP contribution in [0.4, 0.5) is 5.69 Å². The first-order valence-electron chi connectivity index (χ1n) is 4.08. The molecule has 78 valence electrons. The summed E-state index contributed by atoms with van der Waals surface area (Å²) in [4.78, 5) is 0.716. The molecular weight excluding hydrogens is 230 g/mol. The molecule has 2 aromatic rings. The predicted octanol–water partition coefficient (Wildman–Crippen LogP) is 0.819. The van der Waals surface area contributed by atoms with E-state index in [1.165, 1.54) is 4.68 Å². The van der Waals surface area contributed by atoms with Gasteiger partial charge >= 0.3 is 0 Å². The Hall–Kier alpha value is -1.34. The van der Waals surface area contributed by atoms with E-state index >= 15 is 0 Å². The molecule has 1 aromatic carbocycles. The molecule has 15 heavy (non-hydrogen) atoms. The van der Waals surface area contributed by atoms with E-state index in [0.717, 1.165) is 5.56 Å². The molecule has 5 nitrogen and oxygen atoms in total. The van der Waals surface area contributed by atoms with Crippen LogP contribution in [0, 0.1) is 0 Å².